The number of piperazine rings is 1. The Balaban J connectivity index is 1.66. The summed E-state index contributed by atoms with van der Waals surface area (Å²) >= 11 is 0. The van der Waals surface area contributed by atoms with E-state index in [0.29, 0.717) is 18.8 Å². The molecule has 4 rings (SSSR count). The van der Waals surface area contributed by atoms with E-state index in [-0.39, 0.29) is 11.7 Å². The highest BCUT2D eigenvalue weighted by Gasteiger charge is 2.27. The summed E-state index contributed by atoms with van der Waals surface area (Å²) in [7, 11) is 0. The maximum Gasteiger partial charge on any atom is 0.268 e. The van der Waals surface area contributed by atoms with Crippen LogP contribution < -0.4 is 10.2 Å². The number of nitrogens with one attached hydrogen (secondary N) is 1. The van der Waals surface area contributed by atoms with E-state index in [1.54, 1.807) is 24.5 Å². The van der Waals surface area contributed by atoms with Gasteiger partial charge in [0.25, 0.3) is 5.91 Å². The zero-order valence-electron chi connectivity index (χ0n) is 19.6. The van der Waals surface area contributed by atoms with E-state index in [4.69, 9.17) is 0 Å². The smallest absolute Gasteiger partial charge is 0.268 e. The molecule has 1 amide bonds. The number of pyridine rings is 1. The third-order valence-corrected chi connectivity index (χ3v) is 6.51. The minimum absolute atomic E-state index is 0.111. The molecule has 3 aromatic rings. The molecule has 0 atom stereocenters. The van der Waals surface area contributed by atoms with Crippen molar-refractivity contribution in [1.29, 1.82) is 0 Å². The Morgan fingerprint density at radius 1 is 1.06 bits per heavy atom. The average molecular weight is 450 g/mol. The Kier molecular flexibility index (Phi) is 7.08. The maximum atomic E-state index is 13.5. The van der Waals surface area contributed by atoms with Gasteiger partial charge in [0, 0.05) is 62.9 Å². The van der Waals surface area contributed by atoms with Gasteiger partial charge in [-0.2, -0.15) is 0 Å². The van der Waals surface area contributed by atoms with Crippen LogP contribution in [0, 0.1) is 19.7 Å². The molecule has 1 saturated heterocycles. The fourth-order valence-electron chi connectivity index (χ4n) is 4.67. The Labute approximate surface area is 195 Å². The first-order valence-electron chi connectivity index (χ1n) is 11.6. The summed E-state index contributed by atoms with van der Waals surface area (Å²) in [5, 5.41) is 3.06. The highest BCUT2D eigenvalue weighted by Crippen LogP contribution is 2.32. The standard InChI is InChI=1S/C26H32FN5O/c1-4-30-12-14-31(15-13-30)24-19(2)25(26(33)29-17-22-6-5-11-28-16-22)32(20(24)3)18-21-7-9-23(27)10-8-21/h5-11,16H,4,12-15,17-18H2,1-3H3,(H,29,33). The molecule has 1 aliphatic heterocycles. The van der Waals surface area contributed by atoms with Gasteiger partial charge in [0.1, 0.15) is 11.5 Å². The van der Waals surface area contributed by atoms with E-state index in [9.17, 15) is 9.18 Å². The first-order valence-corrected chi connectivity index (χ1v) is 11.6. The second-order valence-electron chi connectivity index (χ2n) is 8.59. The Bertz CT molecular complexity index is 1090. The number of carbonyl (C=O) groups excluding carboxylic acids is 1. The van der Waals surface area contributed by atoms with E-state index in [0.717, 1.165) is 60.8 Å². The van der Waals surface area contributed by atoms with Gasteiger partial charge in [0.05, 0.1) is 5.69 Å². The lowest BCUT2D eigenvalue weighted by Crippen LogP contribution is -2.46. The summed E-state index contributed by atoms with van der Waals surface area (Å²) in [5.74, 6) is -0.372. The fourth-order valence-corrected chi connectivity index (χ4v) is 4.67. The molecule has 1 aliphatic rings. The van der Waals surface area contributed by atoms with Gasteiger partial charge in [-0.25, -0.2) is 4.39 Å². The molecule has 0 spiro atoms. The molecule has 0 aliphatic carbocycles. The summed E-state index contributed by atoms with van der Waals surface area (Å²) in [6, 6.07) is 10.3. The third-order valence-electron chi connectivity index (χ3n) is 6.51. The van der Waals surface area contributed by atoms with Gasteiger partial charge in [0.2, 0.25) is 0 Å². The molecule has 6 nitrogen and oxygen atoms in total. The highest BCUT2D eigenvalue weighted by molar-refractivity contribution is 5.96. The van der Waals surface area contributed by atoms with Crippen LogP contribution in [0.15, 0.2) is 48.8 Å². The molecule has 3 heterocycles. The van der Waals surface area contributed by atoms with Crippen molar-refractivity contribution in [3.63, 3.8) is 0 Å². The van der Waals surface area contributed by atoms with Crippen molar-refractivity contribution >= 4 is 11.6 Å². The molecular formula is C26H32FN5O. The lowest BCUT2D eigenvalue weighted by molar-refractivity contribution is 0.0941. The largest absolute Gasteiger partial charge is 0.367 e. The van der Waals surface area contributed by atoms with E-state index in [2.05, 4.69) is 38.5 Å². The minimum Gasteiger partial charge on any atom is -0.367 e. The molecule has 0 unspecified atom stereocenters. The third kappa shape index (κ3) is 5.09. The van der Waals surface area contributed by atoms with Crippen molar-refractivity contribution in [2.45, 2.75) is 33.9 Å². The van der Waals surface area contributed by atoms with Crippen LogP contribution in [0.1, 0.15) is 39.8 Å². The van der Waals surface area contributed by atoms with E-state index in [1.807, 2.05) is 19.1 Å². The summed E-state index contributed by atoms with van der Waals surface area (Å²) in [6.07, 6.45) is 3.48. The van der Waals surface area contributed by atoms with E-state index >= 15 is 0 Å². The Hall–Kier alpha value is -3.19. The van der Waals surface area contributed by atoms with Gasteiger partial charge < -0.3 is 19.7 Å². The summed E-state index contributed by atoms with van der Waals surface area (Å²) in [6.45, 7) is 12.2. The highest BCUT2D eigenvalue weighted by atomic mass is 19.1. The SMILES string of the molecule is CCN1CCN(c2c(C)c(C(=O)NCc3cccnc3)n(Cc3ccc(F)cc3)c2C)CC1. The fraction of sp³-hybridized carbons (Fsp3) is 0.385. The van der Waals surface area contributed by atoms with Gasteiger partial charge in [-0.15, -0.1) is 0 Å². The number of nitrogens with zero attached hydrogens (tertiary/aromatic N) is 4. The van der Waals surface area contributed by atoms with Crippen molar-refractivity contribution in [3.8, 4) is 0 Å². The molecule has 1 aromatic carbocycles. The Morgan fingerprint density at radius 2 is 1.79 bits per heavy atom. The van der Waals surface area contributed by atoms with Crippen LogP contribution in [0.5, 0.6) is 0 Å². The van der Waals surface area contributed by atoms with E-state index in [1.165, 1.54) is 12.1 Å². The predicted octanol–water partition coefficient (Wildman–Crippen LogP) is 3.76. The van der Waals surface area contributed by atoms with Crippen molar-refractivity contribution < 1.29 is 9.18 Å². The number of anilines is 1. The summed E-state index contributed by atoms with van der Waals surface area (Å²) in [5.41, 5.74) is 5.76. The van der Waals surface area contributed by atoms with Crippen LogP contribution >= 0.6 is 0 Å². The number of carbonyl (C=O) groups is 1. The van der Waals surface area contributed by atoms with Crippen LogP contribution in [-0.2, 0) is 13.1 Å². The summed E-state index contributed by atoms with van der Waals surface area (Å²) < 4.78 is 15.5. The molecule has 1 N–H and O–H groups in total. The first kappa shape index (κ1) is 23.0. The predicted molar refractivity (Wildman–Crippen MR) is 129 cm³/mol. The lowest BCUT2D eigenvalue weighted by Gasteiger charge is -2.36. The number of likely N-dealkylation sites (N-methyl/N-ethyl adjacent to an activating group) is 1. The quantitative estimate of drug-likeness (QED) is 0.597. The van der Waals surface area contributed by atoms with Crippen LogP contribution in [0.4, 0.5) is 10.1 Å². The van der Waals surface area contributed by atoms with Crippen molar-refractivity contribution in [3.05, 3.63) is 82.7 Å². The summed E-state index contributed by atoms with van der Waals surface area (Å²) in [4.78, 5) is 22.4. The first-order chi connectivity index (χ1) is 16.0. The van der Waals surface area contributed by atoms with Crippen molar-refractivity contribution in [1.82, 2.24) is 19.8 Å². The van der Waals surface area contributed by atoms with Gasteiger partial charge >= 0.3 is 0 Å². The number of rotatable bonds is 7. The van der Waals surface area contributed by atoms with Gasteiger partial charge in [-0.05, 0) is 49.7 Å². The second-order valence-corrected chi connectivity index (χ2v) is 8.59. The normalized spacial score (nSPS) is 14.5. The number of aromatic nitrogens is 2. The minimum atomic E-state index is -0.261. The number of hydrogen-bond acceptors (Lipinski definition) is 4. The molecule has 174 valence electrons. The van der Waals surface area contributed by atoms with Crippen LogP contribution in [0.2, 0.25) is 0 Å². The van der Waals surface area contributed by atoms with Crippen LogP contribution in [-0.4, -0.2) is 53.1 Å². The molecule has 0 bridgehead atoms. The van der Waals surface area contributed by atoms with Gasteiger partial charge in [-0.3, -0.25) is 9.78 Å². The van der Waals surface area contributed by atoms with Gasteiger partial charge in [-0.1, -0.05) is 25.1 Å². The lowest BCUT2D eigenvalue weighted by atomic mass is 10.1. The van der Waals surface area contributed by atoms with Crippen LogP contribution in [0.25, 0.3) is 0 Å². The monoisotopic (exact) mass is 449 g/mol. The second kappa shape index (κ2) is 10.2. The van der Waals surface area contributed by atoms with Crippen molar-refractivity contribution in [2.24, 2.45) is 0 Å². The number of hydrogen-bond donors (Lipinski definition) is 1. The molecule has 1 fully saturated rings. The van der Waals surface area contributed by atoms with E-state index < -0.39 is 0 Å². The number of amides is 1. The number of benzene rings is 1. The molecule has 0 saturated carbocycles. The van der Waals surface area contributed by atoms with Gasteiger partial charge in [0.15, 0.2) is 0 Å². The van der Waals surface area contributed by atoms with Crippen LogP contribution in [0.3, 0.4) is 0 Å². The molecule has 7 heteroatoms. The average Bonchev–Trinajstić information content (AvgIpc) is 3.08. The molecule has 2 aromatic heterocycles. The zero-order chi connectivity index (χ0) is 23.4. The molecule has 33 heavy (non-hydrogen) atoms. The Morgan fingerprint density at radius 3 is 2.42 bits per heavy atom. The number of halogens is 1. The zero-order valence-corrected chi connectivity index (χ0v) is 19.6. The topological polar surface area (TPSA) is 53.4 Å². The maximum absolute atomic E-state index is 13.5. The molecular weight excluding hydrogens is 417 g/mol. The van der Waals surface area contributed by atoms with Crippen molar-refractivity contribution in [2.75, 3.05) is 37.6 Å². The molecule has 0 radical (unpaired) electrons.